The molecule has 0 radical (unpaired) electrons. The summed E-state index contributed by atoms with van der Waals surface area (Å²) in [7, 11) is -4.54. The van der Waals surface area contributed by atoms with Gasteiger partial charge in [0.2, 0.25) is 0 Å². The second kappa shape index (κ2) is 43.0. The summed E-state index contributed by atoms with van der Waals surface area (Å²) < 4.78 is 33.3. The van der Waals surface area contributed by atoms with Gasteiger partial charge in [-0.05, 0) is 89.9 Å². The molecule has 0 rings (SSSR count). The molecule has 0 saturated heterocycles. The van der Waals surface area contributed by atoms with Gasteiger partial charge in [-0.2, -0.15) is 0 Å². The number of allylic oxidation sites excluding steroid dienone is 16. The van der Waals surface area contributed by atoms with Crippen LogP contribution < -0.4 is 0 Å². The minimum atomic E-state index is -4.54. The third-order valence-corrected chi connectivity index (χ3v) is 9.45. The number of phosphoric ester groups is 1. The number of hydrogen-bond acceptors (Lipinski definition) is 8. The highest BCUT2D eigenvalue weighted by atomic mass is 31.2. The van der Waals surface area contributed by atoms with Gasteiger partial charge in [0.05, 0.1) is 26.4 Å². The average molecular weight is 819 g/mol. The lowest BCUT2D eigenvalue weighted by Crippen LogP contribution is -2.29. The van der Waals surface area contributed by atoms with Crippen molar-refractivity contribution >= 4 is 13.8 Å². The highest BCUT2D eigenvalue weighted by molar-refractivity contribution is 7.47. The number of esters is 1. The molecule has 0 aliphatic carbocycles. The molecule has 0 heterocycles. The van der Waals surface area contributed by atoms with Crippen molar-refractivity contribution < 1.29 is 43.0 Å². The Morgan fingerprint density at radius 3 is 1.51 bits per heavy atom. The number of aliphatic hydroxyl groups is 2. The van der Waals surface area contributed by atoms with Crippen LogP contribution in [0.15, 0.2) is 97.2 Å². The third-order valence-electron chi connectivity index (χ3n) is 8.50. The standard InChI is InChI=1S/C47H79O9P/c1-3-5-7-9-11-13-15-17-19-20-21-22-23-24-25-26-28-30-32-34-36-38-40-53-43-46(44-55-57(51,52)54-42-45(49)41-48)56-47(50)39-37-35-33-31-29-27-18-16-14-12-10-8-6-4-2/h5,7,10-13,16-19,21-22,24-25,28,30,45-46,48-49H,3-4,6,8-9,14-15,20,23,26-27,29,31-44H2,1-2H3,(H,51,52)/b7-5-,12-10-,13-11-,18-16-,19-17-,22-21-,25-24-,30-28-. The van der Waals surface area contributed by atoms with Crippen LogP contribution >= 0.6 is 7.82 Å². The van der Waals surface area contributed by atoms with Crippen LogP contribution in [0.25, 0.3) is 0 Å². The van der Waals surface area contributed by atoms with Gasteiger partial charge in [-0.15, -0.1) is 0 Å². The molecule has 0 aromatic carbocycles. The summed E-state index contributed by atoms with van der Waals surface area (Å²) in [5.74, 6) is -0.414. The van der Waals surface area contributed by atoms with Crippen LogP contribution in [0.1, 0.15) is 149 Å². The lowest BCUT2D eigenvalue weighted by Gasteiger charge is -2.20. The number of rotatable bonds is 40. The molecule has 10 heteroatoms. The maximum Gasteiger partial charge on any atom is 0.472 e. The van der Waals surface area contributed by atoms with Crippen molar-refractivity contribution in [2.45, 2.75) is 161 Å². The topological polar surface area (TPSA) is 132 Å². The molecular formula is C47H79O9P. The van der Waals surface area contributed by atoms with Crippen molar-refractivity contribution in [1.29, 1.82) is 0 Å². The lowest BCUT2D eigenvalue weighted by molar-refractivity contribution is -0.154. The Morgan fingerprint density at radius 1 is 0.561 bits per heavy atom. The molecule has 326 valence electrons. The monoisotopic (exact) mass is 819 g/mol. The summed E-state index contributed by atoms with van der Waals surface area (Å²) in [5.41, 5.74) is 0. The maximum atomic E-state index is 12.6. The van der Waals surface area contributed by atoms with Crippen LogP contribution in [0, 0.1) is 0 Å². The van der Waals surface area contributed by atoms with E-state index in [9.17, 15) is 19.4 Å². The number of carbonyl (C=O) groups is 1. The first-order valence-electron chi connectivity index (χ1n) is 21.7. The summed E-state index contributed by atoms with van der Waals surface area (Å²) in [6, 6.07) is 0. The van der Waals surface area contributed by atoms with Crippen molar-refractivity contribution in [3.05, 3.63) is 97.2 Å². The Bertz CT molecular complexity index is 1200. The van der Waals surface area contributed by atoms with E-state index >= 15 is 0 Å². The molecule has 0 aliphatic rings. The SMILES string of the molecule is CC/C=C\C/C=C\C/C=C\C/C=C\C/C=C\C/C=C\CCCCCOCC(COP(=O)(O)OCC(O)CO)OC(=O)CCCCCCC/C=C\C/C=C\CCCC. The Balaban J connectivity index is 4.28. The first kappa shape index (κ1) is 54.4. The Hall–Kier alpha value is -2.62. The van der Waals surface area contributed by atoms with Gasteiger partial charge in [-0.1, -0.05) is 150 Å². The summed E-state index contributed by atoms with van der Waals surface area (Å²) in [5, 5.41) is 18.3. The molecule has 9 nitrogen and oxygen atoms in total. The highest BCUT2D eigenvalue weighted by Gasteiger charge is 2.26. The van der Waals surface area contributed by atoms with Gasteiger partial charge >= 0.3 is 13.8 Å². The summed E-state index contributed by atoms with van der Waals surface area (Å²) in [6.45, 7) is 3.22. The van der Waals surface area contributed by atoms with E-state index in [4.69, 9.17) is 23.6 Å². The van der Waals surface area contributed by atoms with Gasteiger partial charge in [0.1, 0.15) is 12.2 Å². The normalized spacial score (nSPS) is 15.0. The number of ether oxygens (including phenoxy) is 2. The second-order valence-corrected chi connectivity index (χ2v) is 15.4. The highest BCUT2D eigenvalue weighted by Crippen LogP contribution is 2.43. The molecule has 3 N–H and O–H groups in total. The van der Waals surface area contributed by atoms with Gasteiger partial charge in [0.25, 0.3) is 0 Å². The first-order chi connectivity index (χ1) is 27.8. The number of phosphoric acid groups is 1. The van der Waals surface area contributed by atoms with E-state index in [0.717, 1.165) is 109 Å². The van der Waals surface area contributed by atoms with Gasteiger partial charge in [0.15, 0.2) is 0 Å². The molecule has 0 aromatic rings. The first-order valence-corrected chi connectivity index (χ1v) is 23.2. The maximum absolute atomic E-state index is 12.6. The van der Waals surface area contributed by atoms with Crippen LogP contribution in [-0.4, -0.2) is 66.3 Å². The lowest BCUT2D eigenvalue weighted by atomic mass is 10.1. The zero-order chi connectivity index (χ0) is 41.8. The second-order valence-electron chi connectivity index (χ2n) is 14.0. The van der Waals surface area contributed by atoms with Gasteiger partial charge in [-0.25, -0.2) is 4.57 Å². The van der Waals surface area contributed by atoms with Crippen LogP contribution in [-0.2, 0) is 27.9 Å². The molecule has 0 fully saturated rings. The number of unbranched alkanes of at least 4 members (excludes halogenated alkanes) is 10. The molecule has 3 unspecified atom stereocenters. The summed E-state index contributed by atoms with van der Waals surface area (Å²) in [6.07, 6.45) is 53.7. The number of aliphatic hydroxyl groups excluding tert-OH is 2. The van der Waals surface area contributed by atoms with Crippen LogP contribution in [0.3, 0.4) is 0 Å². The average Bonchev–Trinajstić information content (AvgIpc) is 3.20. The molecule has 57 heavy (non-hydrogen) atoms. The zero-order valence-electron chi connectivity index (χ0n) is 35.5. The molecule has 0 spiro atoms. The largest absolute Gasteiger partial charge is 0.472 e. The molecular weight excluding hydrogens is 739 g/mol. The van der Waals surface area contributed by atoms with Crippen molar-refractivity contribution in [3.63, 3.8) is 0 Å². The fourth-order valence-electron chi connectivity index (χ4n) is 5.20. The molecule has 0 saturated carbocycles. The molecule has 3 atom stereocenters. The Labute approximate surface area is 347 Å². The van der Waals surface area contributed by atoms with E-state index in [0.29, 0.717) is 13.0 Å². The van der Waals surface area contributed by atoms with Gasteiger partial charge in [-0.3, -0.25) is 13.8 Å². The van der Waals surface area contributed by atoms with Gasteiger partial charge in [0, 0.05) is 13.0 Å². The third kappa shape index (κ3) is 42.8. The predicted octanol–water partition coefficient (Wildman–Crippen LogP) is 12.1. The molecule has 0 bridgehead atoms. The molecule has 0 amide bonds. The fourth-order valence-corrected chi connectivity index (χ4v) is 5.99. The Kier molecular flexibility index (Phi) is 41.0. The summed E-state index contributed by atoms with van der Waals surface area (Å²) in [4.78, 5) is 22.6. The quantitative estimate of drug-likeness (QED) is 0.0239. The van der Waals surface area contributed by atoms with E-state index < -0.39 is 45.8 Å². The van der Waals surface area contributed by atoms with Crippen molar-refractivity contribution in [2.24, 2.45) is 0 Å². The summed E-state index contributed by atoms with van der Waals surface area (Å²) >= 11 is 0. The van der Waals surface area contributed by atoms with Crippen LogP contribution in [0.5, 0.6) is 0 Å². The minimum Gasteiger partial charge on any atom is -0.457 e. The smallest absolute Gasteiger partial charge is 0.457 e. The van der Waals surface area contributed by atoms with Gasteiger partial charge < -0.3 is 24.6 Å². The predicted molar refractivity (Wildman–Crippen MR) is 237 cm³/mol. The van der Waals surface area contributed by atoms with E-state index in [1.807, 2.05) is 0 Å². The van der Waals surface area contributed by atoms with E-state index in [-0.39, 0.29) is 13.0 Å². The van der Waals surface area contributed by atoms with Crippen molar-refractivity contribution in [1.82, 2.24) is 0 Å². The van der Waals surface area contributed by atoms with Crippen molar-refractivity contribution in [3.8, 4) is 0 Å². The van der Waals surface area contributed by atoms with E-state index in [1.165, 1.54) is 12.8 Å². The van der Waals surface area contributed by atoms with E-state index in [1.54, 1.807) is 0 Å². The van der Waals surface area contributed by atoms with Crippen LogP contribution in [0.4, 0.5) is 0 Å². The molecule has 0 aliphatic heterocycles. The van der Waals surface area contributed by atoms with Crippen molar-refractivity contribution in [2.75, 3.05) is 33.0 Å². The minimum absolute atomic E-state index is 0.0141. The zero-order valence-corrected chi connectivity index (χ0v) is 36.4. The molecule has 0 aromatic heterocycles. The Morgan fingerprint density at radius 2 is 1.00 bits per heavy atom. The van der Waals surface area contributed by atoms with E-state index in [2.05, 4.69) is 111 Å². The number of hydrogen-bond donors (Lipinski definition) is 3. The number of carbonyl (C=O) groups excluding carboxylic acids is 1. The van der Waals surface area contributed by atoms with Crippen LogP contribution in [0.2, 0.25) is 0 Å². The fraction of sp³-hybridized carbons (Fsp3) is 0.638.